The second kappa shape index (κ2) is 10.8. The lowest BCUT2D eigenvalue weighted by molar-refractivity contribution is 0.116. The Hall–Kier alpha value is -1.80. The van der Waals surface area contributed by atoms with Gasteiger partial charge in [0.05, 0.1) is 13.2 Å². The molecule has 0 aliphatic rings. The van der Waals surface area contributed by atoms with E-state index >= 15 is 0 Å². The first-order valence-corrected chi connectivity index (χ1v) is 8.72. The maximum atomic E-state index is 5.83. The molecule has 23 heavy (non-hydrogen) atoms. The summed E-state index contributed by atoms with van der Waals surface area (Å²) >= 11 is 0. The maximum absolute atomic E-state index is 5.83. The highest BCUT2D eigenvalue weighted by atomic mass is 16.5. The normalized spacial score (nSPS) is 10.7. The van der Waals surface area contributed by atoms with E-state index in [4.69, 9.17) is 9.47 Å². The molecule has 0 saturated heterocycles. The van der Waals surface area contributed by atoms with E-state index in [1.54, 1.807) is 0 Å². The average molecular weight is 312 g/mol. The molecule has 2 aromatic rings. The van der Waals surface area contributed by atoms with Crippen molar-refractivity contribution in [3.05, 3.63) is 65.7 Å². The minimum absolute atomic E-state index is 0.710. The van der Waals surface area contributed by atoms with Gasteiger partial charge in [0, 0.05) is 6.61 Å². The Morgan fingerprint density at radius 1 is 0.783 bits per heavy atom. The summed E-state index contributed by atoms with van der Waals surface area (Å²) < 4.78 is 11.5. The van der Waals surface area contributed by atoms with Crippen molar-refractivity contribution < 1.29 is 9.47 Å². The standard InChI is InChI=1S/C21H28O2/c1-2-10-19-13-9-14-21(17-19)23-16-8-4-7-15-22-18-20-11-5-3-6-12-20/h3,5-6,9,11-14,17H,2,4,7-8,10,15-16,18H2,1H3. The van der Waals surface area contributed by atoms with Crippen molar-refractivity contribution in [2.45, 2.75) is 45.6 Å². The van der Waals surface area contributed by atoms with Crippen molar-refractivity contribution in [3.63, 3.8) is 0 Å². The fourth-order valence-corrected chi connectivity index (χ4v) is 2.52. The van der Waals surface area contributed by atoms with Crippen molar-refractivity contribution >= 4 is 0 Å². The van der Waals surface area contributed by atoms with E-state index in [1.807, 2.05) is 24.3 Å². The monoisotopic (exact) mass is 312 g/mol. The van der Waals surface area contributed by atoms with Gasteiger partial charge in [-0.1, -0.05) is 55.8 Å². The highest BCUT2D eigenvalue weighted by molar-refractivity contribution is 5.28. The van der Waals surface area contributed by atoms with E-state index < -0.39 is 0 Å². The Morgan fingerprint density at radius 2 is 1.57 bits per heavy atom. The summed E-state index contributed by atoms with van der Waals surface area (Å²) in [6, 6.07) is 18.8. The van der Waals surface area contributed by atoms with Crippen LogP contribution in [0.2, 0.25) is 0 Å². The number of hydrogen-bond acceptors (Lipinski definition) is 2. The van der Waals surface area contributed by atoms with Crippen LogP contribution in [-0.4, -0.2) is 13.2 Å². The van der Waals surface area contributed by atoms with Gasteiger partial charge in [-0.2, -0.15) is 0 Å². The van der Waals surface area contributed by atoms with Crippen LogP contribution >= 0.6 is 0 Å². The first-order valence-electron chi connectivity index (χ1n) is 8.72. The second-order valence-corrected chi connectivity index (χ2v) is 5.84. The first-order chi connectivity index (χ1) is 11.4. The quantitative estimate of drug-likeness (QED) is 0.517. The third kappa shape index (κ3) is 7.34. The van der Waals surface area contributed by atoms with Crippen LogP contribution in [-0.2, 0) is 17.8 Å². The fraction of sp³-hybridized carbons (Fsp3) is 0.429. The van der Waals surface area contributed by atoms with E-state index in [2.05, 4.69) is 37.3 Å². The summed E-state index contributed by atoms with van der Waals surface area (Å²) in [5.74, 6) is 0.997. The van der Waals surface area contributed by atoms with Gasteiger partial charge in [0.2, 0.25) is 0 Å². The second-order valence-electron chi connectivity index (χ2n) is 5.84. The molecule has 2 nitrogen and oxygen atoms in total. The summed E-state index contributed by atoms with van der Waals surface area (Å²) in [5, 5.41) is 0. The van der Waals surface area contributed by atoms with Gasteiger partial charge in [-0.3, -0.25) is 0 Å². The van der Waals surface area contributed by atoms with Gasteiger partial charge in [0.25, 0.3) is 0 Å². The van der Waals surface area contributed by atoms with Crippen molar-refractivity contribution in [1.82, 2.24) is 0 Å². The number of aryl methyl sites for hydroxylation is 1. The molecule has 0 saturated carbocycles. The van der Waals surface area contributed by atoms with Gasteiger partial charge in [-0.05, 0) is 48.9 Å². The molecule has 2 rings (SSSR count). The van der Waals surface area contributed by atoms with Crippen molar-refractivity contribution in [2.24, 2.45) is 0 Å². The number of benzene rings is 2. The summed E-state index contributed by atoms with van der Waals surface area (Å²) in [6.45, 7) is 4.52. The molecule has 0 unspecified atom stereocenters. The van der Waals surface area contributed by atoms with Crippen LogP contribution in [0.5, 0.6) is 5.75 Å². The predicted molar refractivity (Wildman–Crippen MR) is 95.9 cm³/mol. The molecule has 0 atom stereocenters. The van der Waals surface area contributed by atoms with Crippen molar-refractivity contribution in [3.8, 4) is 5.75 Å². The Labute approximate surface area is 140 Å². The van der Waals surface area contributed by atoms with E-state index in [0.717, 1.165) is 44.6 Å². The average Bonchev–Trinajstić information content (AvgIpc) is 2.59. The Bertz CT molecular complexity index is 537. The Balaban J connectivity index is 1.50. The summed E-state index contributed by atoms with van der Waals surface area (Å²) in [5.41, 5.74) is 2.60. The number of rotatable bonds is 11. The molecular weight excluding hydrogens is 284 g/mol. The lowest BCUT2D eigenvalue weighted by atomic mass is 10.1. The van der Waals surface area contributed by atoms with Crippen LogP contribution in [0.15, 0.2) is 54.6 Å². The molecule has 0 fully saturated rings. The van der Waals surface area contributed by atoms with E-state index in [0.29, 0.717) is 6.61 Å². The number of unbranched alkanes of at least 4 members (excludes halogenated alkanes) is 2. The molecule has 0 heterocycles. The van der Waals surface area contributed by atoms with Gasteiger partial charge >= 0.3 is 0 Å². The van der Waals surface area contributed by atoms with Gasteiger partial charge in [-0.15, -0.1) is 0 Å². The molecule has 0 radical (unpaired) electrons. The minimum Gasteiger partial charge on any atom is -0.494 e. The predicted octanol–water partition coefficient (Wildman–Crippen LogP) is 5.41. The maximum Gasteiger partial charge on any atom is 0.119 e. The van der Waals surface area contributed by atoms with E-state index in [-0.39, 0.29) is 0 Å². The lowest BCUT2D eigenvalue weighted by Gasteiger charge is -2.08. The molecular formula is C21H28O2. The Morgan fingerprint density at radius 3 is 2.39 bits per heavy atom. The zero-order valence-corrected chi connectivity index (χ0v) is 14.2. The Kier molecular flexibility index (Phi) is 8.28. The third-order valence-corrected chi connectivity index (χ3v) is 3.75. The zero-order valence-electron chi connectivity index (χ0n) is 14.2. The van der Waals surface area contributed by atoms with Crippen LogP contribution in [0.3, 0.4) is 0 Å². The largest absolute Gasteiger partial charge is 0.494 e. The SMILES string of the molecule is CCCc1cccc(OCCCCCOCc2ccccc2)c1. The lowest BCUT2D eigenvalue weighted by Crippen LogP contribution is -2.00. The summed E-state index contributed by atoms with van der Waals surface area (Å²) in [4.78, 5) is 0. The molecule has 124 valence electrons. The topological polar surface area (TPSA) is 18.5 Å². The van der Waals surface area contributed by atoms with Crippen LogP contribution in [0, 0.1) is 0 Å². The molecule has 0 aromatic heterocycles. The smallest absolute Gasteiger partial charge is 0.119 e. The molecule has 2 aromatic carbocycles. The van der Waals surface area contributed by atoms with Gasteiger partial charge in [0.15, 0.2) is 0 Å². The van der Waals surface area contributed by atoms with Crippen LogP contribution in [0.1, 0.15) is 43.7 Å². The van der Waals surface area contributed by atoms with Gasteiger partial charge < -0.3 is 9.47 Å². The summed E-state index contributed by atoms with van der Waals surface area (Å²) in [7, 11) is 0. The van der Waals surface area contributed by atoms with E-state index in [9.17, 15) is 0 Å². The molecule has 0 spiro atoms. The molecule has 0 amide bonds. The third-order valence-electron chi connectivity index (χ3n) is 3.75. The molecule has 0 bridgehead atoms. The van der Waals surface area contributed by atoms with Crippen LogP contribution in [0.25, 0.3) is 0 Å². The fourth-order valence-electron chi connectivity index (χ4n) is 2.52. The van der Waals surface area contributed by atoms with Crippen LogP contribution in [0.4, 0.5) is 0 Å². The molecule has 2 heteroatoms. The molecule has 0 aliphatic carbocycles. The number of ether oxygens (including phenoxy) is 2. The highest BCUT2D eigenvalue weighted by Gasteiger charge is 1.97. The van der Waals surface area contributed by atoms with Gasteiger partial charge in [-0.25, -0.2) is 0 Å². The van der Waals surface area contributed by atoms with Crippen molar-refractivity contribution in [2.75, 3.05) is 13.2 Å². The minimum atomic E-state index is 0.710. The van der Waals surface area contributed by atoms with Crippen LogP contribution < -0.4 is 4.74 Å². The molecule has 0 N–H and O–H groups in total. The zero-order chi connectivity index (χ0) is 16.2. The van der Waals surface area contributed by atoms with Gasteiger partial charge in [0.1, 0.15) is 5.75 Å². The van der Waals surface area contributed by atoms with E-state index in [1.165, 1.54) is 17.5 Å². The van der Waals surface area contributed by atoms with Crippen molar-refractivity contribution in [1.29, 1.82) is 0 Å². The number of hydrogen-bond donors (Lipinski definition) is 0. The molecule has 0 aliphatic heterocycles. The summed E-state index contributed by atoms with van der Waals surface area (Å²) in [6.07, 6.45) is 5.60. The first kappa shape index (κ1) is 17.6. The highest BCUT2D eigenvalue weighted by Crippen LogP contribution is 2.15.